The molecule has 4 rings (SSSR count). The highest BCUT2D eigenvalue weighted by Crippen LogP contribution is 2.26. The molecule has 0 aliphatic heterocycles. The average Bonchev–Trinajstić information content (AvgIpc) is 2.91. The molecule has 0 saturated heterocycles. The van der Waals surface area contributed by atoms with Gasteiger partial charge in [-0.2, -0.15) is 0 Å². The summed E-state index contributed by atoms with van der Waals surface area (Å²) >= 11 is 7.59. The second-order valence-electron chi connectivity index (χ2n) is 7.87. The Balaban J connectivity index is 1.51. The zero-order valence-electron chi connectivity index (χ0n) is 19.4. The number of hydrogen-bond acceptors (Lipinski definition) is 3. The summed E-state index contributed by atoms with van der Waals surface area (Å²) in [6.07, 6.45) is 1.20. The maximum atomic E-state index is 14.4. The molecule has 2 amide bonds. The van der Waals surface area contributed by atoms with E-state index in [0.29, 0.717) is 22.6 Å². The van der Waals surface area contributed by atoms with Crippen molar-refractivity contribution in [2.45, 2.75) is 10.6 Å². The third-order valence-electron chi connectivity index (χ3n) is 5.28. The van der Waals surface area contributed by atoms with Crippen LogP contribution in [-0.2, 0) is 10.5 Å². The Morgan fingerprint density at radius 3 is 2.19 bits per heavy atom. The van der Waals surface area contributed by atoms with Crippen molar-refractivity contribution in [1.82, 2.24) is 5.32 Å². The number of carbonyl (C=O) groups excluding carboxylic acids is 2. The number of hydrogen-bond donors (Lipinski definition) is 2. The van der Waals surface area contributed by atoms with Gasteiger partial charge < -0.3 is 10.6 Å². The fourth-order valence-electron chi connectivity index (χ4n) is 3.34. The van der Waals surface area contributed by atoms with Gasteiger partial charge in [0.05, 0.1) is 5.02 Å². The Morgan fingerprint density at radius 1 is 0.811 bits per heavy atom. The van der Waals surface area contributed by atoms with Crippen molar-refractivity contribution in [3.8, 4) is 0 Å². The van der Waals surface area contributed by atoms with Gasteiger partial charge in [-0.25, -0.2) is 8.78 Å². The minimum absolute atomic E-state index is 0.0254. The molecule has 0 aromatic heterocycles. The van der Waals surface area contributed by atoms with Crippen LogP contribution in [0.3, 0.4) is 0 Å². The van der Waals surface area contributed by atoms with Crippen molar-refractivity contribution in [3.63, 3.8) is 0 Å². The van der Waals surface area contributed by atoms with Crippen LogP contribution in [0.2, 0.25) is 5.02 Å². The Bertz CT molecular complexity index is 1420. The molecule has 0 atom stereocenters. The van der Waals surface area contributed by atoms with E-state index in [1.165, 1.54) is 42.1 Å². The van der Waals surface area contributed by atoms with Crippen LogP contribution in [0, 0.1) is 11.6 Å². The monoisotopic (exact) mass is 534 g/mol. The number of carbonyl (C=O) groups is 2. The van der Waals surface area contributed by atoms with Crippen LogP contribution in [0.15, 0.2) is 108 Å². The van der Waals surface area contributed by atoms with E-state index in [4.69, 9.17) is 11.6 Å². The molecule has 8 heteroatoms. The summed E-state index contributed by atoms with van der Waals surface area (Å²) < 4.78 is 28.3. The number of benzene rings is 4. The molecule has 4 aromatic carbocycles. The Morgan fingerprint density at radius 2 is 1.49 bits per heavy atom. The fourth-order valence-corrected chi connectivity index (χ4v) is 4.45. The largest absolute Gasteiger partial charge is 0.321 e. The van der Waals surface area contributed by atoms with Crippen LogP contribution in [-0.4, -0.2) is 11.8 Å². The van der Waals surface area contributed by atoms with Gasteiger partial charge >= 0.3 is 0 Å². The number of thioether (sulfide) groups is 1. The Labute approximate surface area is 222 Å². The van der Waals surface area contributed by atoms with E-state index in [0.717, 1.165) is 4.90 Å². The second kappa shape index (κ2) is 12.3. The van der Waals surface area contributed by atoms with Crippen molar-refractivity contribution in [3.05, 3.63) is 136 Å². The molecule has 0 aliphatic carbocycles. The lowest BCUT2D eigenvalue weighted by molar-refractivity contribution is -0.113. The van der Waals surface area contributed by atoms with Gasteiger partial charge in [0.25, 0.3) is 11.8 Å². The maximum absolute atomic E-state index is 14.4. The molecule has 0 fully saturated rings. The van der Waals surface area contributed by atoms with Gasteiger partial charge in [0.15, 0.2) is 0 Å². The quantitative estimate of drug-likeness (QED) is 0.184. The highest BCUT2D eigenvalue weighted by atomic mass is 35.5. The van der Waals surface area contributed by atoms with Crippen molar-refractivity contribution in [2.75, 3.05) is 5.32 Å². The highest BCUT2D eigenvalue weighted by Gasteiger charge is 2.17. The van der Waals surface area contributed by atoms with Crippen molar-refractivity contribution >= 4 is 46.9 Å². The molecular formula is C29H21ClF2N2O2S. The molecule has 0 saturated carbocycles. The minimum Gasteiger partial charge on any atom is -0.321 e. The van der Waals surface area contributed by atoms with Crippen molar-refractivity contribution < 1.29 is 18.4 Å². The number of halogens is 3. The zero-order chi connectivity index (χ0) is 26.2. The van der Waals surface area contributed by atoms with E-state index in [1.807, 2.05) is 0 Å². The lowest BCUT2D eigenvalue weighted by atomic mass is 10.1. The van der Waals surface area contributed by atoms with Gasteiger partial charge in [0.1, 0.15) is 17.3 Å². The van der Waals surface area contributed by atoms with Crippen LogP contribution in [0.4, 0.5) is 14.5 Å². The molecule has 0 unspecified atom stereocenters. The SMILES string of the molecule is O=C(Nc1ccc(SCc2ccccc2F)cc1)/C(=C/c1c(F)cccc1Cl)NC(=O)c1ccccc1. The Hall–Kier alpha value is -3.94. The molecule has 0 aliphatic rings. The standard InChI is InChI=1S/C29H21ClF2N2O2S/c30-24-10-6-12-26(32)23(24)17-27(34-28(35)19-7-2-1-3-8-19)29(36)33-21-13-15-22(16-14-21)37-18-20-9-4-5-11-25(20)31/h1-17H,18H2,(H,33,36)(H,34,35)/b27-17-. The van der Waals surface area contributed by atoms with E-state index in [2.05, 4.69) is 10.6 Å². The van der Waals surface area contributed by atoms with Gasteiger partial charge in [-0.3, -0.25) is 9.59 Å². The molecular weight excluding hydrogens is 514 g/mol. The van der Waals surface area contributed by atoms with E-state index in [1.54, 1.807) is 72.8 Å². The molecule has 2 N–H and O–H groups in total. The number of nitrogens with one attached hydrogen (secondary N) is 2. The molecule has 0 spiro atoms. The van der Waals surface area contributed by atoms with E-state index >= 15 is 0 Å². The summed E-state index contributed by atoms with van der Waals surface area (Å²) in [5.74, 6) is -1.63. The summed E-state index contributed by atoms with van der Waals surface area (Å²) in [5.41, 5.74) is 1.18. The molecule has 186 valence electrons. The summed E-state index contributed by atoms with van der Waals surface area (Å²) in [6.45, 7) is 0. The predicted octanol–water partition coefficient (Wildman–Crippen LogP) is 7.32. The molecule has 4 nitrogen and oxygen atoms in total. The number of anilines is 1. The Kier molecular flexibility index (Phi) is 8.72. The maximum Gasteiger partial charge on any atom is 0.272 e. The van der Waals surface area contributed by atoms with Crippen LogP contribution < -0.4 is 10.6 Å². The number of amides is 2. The average molecular weight is 535 g/mol. The third-order valence-corrected chi connectivity index (χ3v) is 6.67. The van der Waals surface area contributed by atoms with Gasteiger partial charge in [-0.05, 0) is 66.2 Å². The molecule has 0 bridgehead atoms. The lowest BCUT2D eigenvalue weighted by Crippen LogP contribution is -2.30. The summed E-state index contributed by atoms with van der Waals surface area (Å²) in [4.78, 5) is 26.8. The van der Waals surface area contributed by atoms with Crippen LogP contribution in [0.5, 0.6) is 0 Å². The van der Waals surface area contributed by atoms with Crippen LogP contribution >= 0.6 is 23.4 Å². The summed E-state index contributed by atoms with van der Waals surface area (Å²) in [5, 5.41) is 5.36. The first-order valence-electron chi connectivity index (χ1n) is 11.2. The smallest absolute Gasteiger partial charge is 0.272 e. The molecule has 0 heterocycles. The molecule has 37 heavy (non-hydrogen) atoms. The van der Waals surface area contributed by atoms with E-state index < -0.39 is 17.6 Å². The fraction of sp³-hybridized carbons (Fsp3) is 0.0345. The van der Waals surface area contributed by atoms with Gasteiger partial charge in [0, 0.05) is 27.5 Å². The third kappa shape index (κ3) is 7.06. The zero-order valence-corrected chi connectivity index (χ0v) is 21.0. The first kappa shape index (κ1) is 26.1. The normalized spacial score (nSPS) is 11.2. The predicted molar refractivity (Wildman–Crippen MR) is 144 cm³/mol. The molecule has 4 aromatic rings. The first-order valence-corrected chi connectivity index (χ1v) is 12.6. The first-order chi connectivity index (χ1) is 17.9. The highest BCUT2D eigenvalue weighted by molar-refractivity contribution is 7.98. The van der Waals surface area contributed by atoms with Gasteiger partial charge in [0.2, 0.25) is 0 Å². The second-order valence-corrected chi connectivity index (χ2v) is 9.33. The van der Waals surface area contributed by atoms with Crippen LogP contribution in [0.1, 0.15) is 21.5 Å². The van der Waals surface area contributed by atoms with Crippen LogP contribution in [0.25, 0.3) is 6.08 Å². The van der Waals surface area contributed by atoms with Crippen molar-refractivity contribution in [2.24, 2.45) is 0 Å². The minimum atomic E-state index is -0.657. The van der Waals surface area contributed by atoms with E-state index in [9.17, 15) is 18.4 Å². The summed E-state index contributed by atoms with van der Waals surface area (Å²) in [7, 11) is 0. The lowest BCUT2D eigenvalue weighted by Gasteiger charge is -2.12. The van der Waals surface area contributed by atoms with Gasteiger partial charge in [-0.15, -0.1) is 11.8 Å². The topological polar surface area (TPSA) is 58.2 Å². The molecule has 0 radical (unpaired) electrons. The number of rotatable bonds is 8. The van der Waals surface area contributed by atoms with Crippen molar-refractivity contribution in [1.29, 1.82) is 0 Å². The summed E-state index contributed by atoms with van der Waals surface area (Å²) in [6, 6.07) is 26.0. The van der Waals surface area contributed by atoms with E-state index in [-0.39, 0.29) is 22.1 Å². The van der Waals surface area contributed by atoms with Gasteiger partial charge in [-0.1, -0.05) is 54.1 Å².